The molecule has 0 spiro atoms. The van der Waals surface area contributed by atoms with Crippen LogP contribution in [0.4, 0.5) is 0 Å². The average Bonchev–Trinajstić information content (AvgIpc) is 3.36. The first-order valence-corrected chi connectivity index (χ1v) is 8.00. The monoisotopic (exact) mass is 338 g/mol. The zero-order chi connectivity index (χ0) is 16.9. The van der Waals surface area contributed by atoms with Gasteiger partial charge in [0.05, 0.1) is 25.5 Å². The Bertz CT molecular complexity index is 842. The van der Waals surface area contributed by atoms with E-state index in [9.17, 15) is 0 Å². The third-order valence-corrected chi connectivity index (χ3v) is 3.59. The zero-order valence-electron chi connectivity index (χ0n) is 13.5. The highest BCUT2D eigenvalue weighted by molar-refractivity contribution is 5.85. The highest BCUT2D eigenvalue weighted by Gasteiger charge is 2.04. The molecule has 10 heteroatoms. The molecule has 0 radical (unpaired) electrons. The minimum atomic E-state index is 0.687. The van der Waals surface area contributed by atoms with E-state index in [1.807, 2.05) is 28.9 Å². The highest BCUT2D eigenvalue weighted by atomic mass is 15.4. The lowest BCUT2D eigenvalue weighted by Crippen LogP contribution is -2.30. The van der Waals surface area contributed by atoms with Crippen LogP contribution in [0.25, 0.3) is 5.65 Å². The molecule has 4 rings (SSSR count). The third-order valence-electron chi connectivity index (χ3n) is 3.59. The molecule has 0 fully saturated rings. The first-order chi connectivity index (χ1) is 12.4. The summed E-state index contributed by atoms with van der Waals surface area (Å²) in [4.78, 5) is 12.9. The van der Waals surface area contributed by atoms with Crippen molar-refractivity contribution in [2.24, 2.45) is 20.2 Å². The van der Waals surface area contributed by atoms with Crippen LogP contribution >= 0.6 is 0 Å². The number of fused-ring (bicyclic) bond motifs is 1. The van der Waals surface area contributed by atoms with Gasteiger partial charge in [0.2, 0.25) is 11.9 Å². The standard InChI is InChI=1S/C15H18N10/c1-2-13-22-12(8-21-24-15-18-5-6-19-15)10-25(13)9-11(1)7-20-23-14-16-3-4-17-14/h1-2,7-10H,3-6H2,(H2,16,17,23)(H2,18,19,24)/b20-7+,21-8+. The van der Waals surface area contributed by atoms with Crippen LogP contribution in [0, 0.1) is 0 Å². The molecule has 2 aliphatic heterocycles. The molecule has 0 unspecified atom stereocenters. The maximum absolute atomic E-state index is 4.49. The van der Waals surface area contributed by atoms with E-state index < -0.39 is 0 Å². The van der Waals surface area contributed by atoms with E-state index in [0.717, 1.165) is 43.1 Å². The predicted octanol–water partition coefficient (Wildman–Crippen LogP) is -0.900. The van der Waals surface area contributed by atoms with E-state index in [-0.39, 0.29) is 0 Å². The summed E-state index contributed by atoms with van der Waals surface area (Å²) >= 11 is 0. The first-order valence-electron chi connectivity index (χ1n) is 8.00. The lowest BCUT2D eigenvalue weighted by atomic mass is 10.3. The van der Waals surface area contributed by atoms with Crippen LogP contribution in [0.2, 0.25) is 0 Å². The maximum atomic E-state index is 4.49. The number of nitrogens with zero attached hydrogens (tertiary/aromatic N) is 6. The molecule has 10 nitrogen and oxygen atoms in total. The van der Waals surface area contributed by atoms with Gasteiger partial charge in [-0.05, 0) is 12.1 Å². The summed E-state index contributed by atoms with van der Waals surface area (Å²) in [6.45, 7) is 3.24. The second-order valence-electron chi connectivity index (χ2n) is 5.45. The van der Waals surface area contributed by atoms with E-state index in [2.05, 4.69) is 46.7 Å². The fourth-order valence-electron chi connectivity index (χ4n) is 2.44. The van der Waals surface area contributed by atoms with Gasteiger partial charge in [-0.15, -0.1) is 0 Å². The third kappa shape index (κ3) is 3.74. The van der Waals surface area contributed by atoms with Gasteiger partial charge in [-0.2, -0.15) is 10.2 Å². The fraction of sp³-hybridized carbons (Fsp3) is 0.267. The van der Waals surface area contributed by atoms with E-state index in [1.165, 1.54) is 0 Å². The molecule has 2 aromatic heterocycles. The van der Waals surface area contributed by atoms with Crippen molar-refractivity contribution in [1.82, 2.24) is 30.9 Å². The van der Waals surface area contributed by atoms with Crippen molar-refractivity contribution in [2.75, 3.05) is 26.2 Å². The van der Waals surface area contributed by atoms with Crippen molar-refractivity contribution >= 4 is 30.0 Å². The summed E-state index contributed by atoms with van der Waals surface area (Å²) in [5.74, 6) is 1.39. The number of aliphatic imine (C=N–C) groups is 2. The summed E-state index contributed by atoms with van der Waals surface area (Å²) < 4.78 is 1.93. The van der Waals surface area contributed by atoms with Gasteiger partial charge < -0.3 is 15.0 Å². The van der Waals surface area contributed by atoms with E-state index in [4.69, 9.17) is 0 Å². The Morgan fingerprint density at radius 1 is 0.960 bits per heavy atom. The molecule has 0 aliphatic carbocycles. The summed E-state index contributed by atoms with van der Waals surface area (Å²) in [6, 6.07) is 3.88. The van der Waals surface area contributed by atoms with Gasteiger partial charge in [0.25, 0.3) is 0 Å². The van der Waals surface area contributed by atoms with Crippen molar-refractivity contribution in [2.45, 2.75) is 0 Å². The second kappa shape index (κ2) is 6.99. The SMILES string of the molecule is C(=N\NC1=NCCN1)/c1ccc2nc(/C=N/NC3=NCCN3)cn2c1. The van der Waals surface area contributed by atoms with E-state index in [0.29, 0.717) is 11.9 Å². The Morgan fingerprint density at radius 2 is 1.68 bits per heavy atom. The number of hydrogen-bond acceptors (Lipinski definition) is 9. The molecule has 0 saturated heterocycles. The second-order valence-corrected chi connectivity index (χ2v) is 5.45. The summed E-state index contributed by atoms with van der Waals surface area (Å²) in [7, 11) is 0. The topological polar surface area (TPSA) is 115 Å². The molecule has 4 heterocycles. The van der Waals surface area contributed by atoms with Crippen molar-refractivity contribution in [3.05, 3.63) is 35.8 Å². The van der Waals surface area contributed by atoms with Gasteiger partial charge in [-0.1, -0.05) is 0 Å². The molecule has 2 aliphatic rings. The van der Waals surface area contributed by atoms with Gasteiger partial charge in [0.1, 0.15) is 11.3 Å². The smallest absolute Gasteiger partial charge is 0.212 e. The minimum absolute atomic E-state index is 0.687. The minimum Gasteiger partial charge on any atom is -0.353 e. The number of hydrogen-bond donors (Lipinski definition) is 4. The Morgan fingerprint density at radius 3 is 2.36 bits per heavy atom. The molecular weight excluding hydrogens is 320 g/mol. The van der Waals surface area contributed by atoms with Crippen molar-refractivity contribution in [3.63, 3.8) is 0 Å². The number of nitrogens with one attached hydrogen (secondary N) is 4. The molecule has 128 valence electrons. The summed E-state index contributed by atoms with van der Waals surface area (Å²) in [5.41, 5.74) is 8.26. The predicted molar refractivity (Wildman–Crippen MR) is 97.3 cm³/mol. The molecule has 4 N–H and O–H groups in total. The molecule has 0 amide bonds. The first kappa shape index (κ1) is 15.1. The molecule has 2 aromatic rings. The molecular formula is C15H18N10. The van der Waals surface area contributed by atoms with Crippen LogP contribution in [0.5, 0.6) is 0 Å². The van der Waals surface area contributed by atoms with Crippen molar-refractivity contribution in [3.8, 4) is 0 Å². The van der Waals surface area contributed by atoms with Crippen LogP contribution in [0.15, 0.2) is 44.7 Å². The van der Waals surface area contributed by atoms with Crippen LogP contribution in [-0.4, -0.2) is 59.9 Å². The molecule has 0 atom stereocenters. The number of hydrazone groups is 2. The number of guanidine groups is 2. The molecule has 0 bridgehead atoms. The Balaban J connectivity index is 1.41. The molecule has 0 saturated carbocycles. The summed E-state index contributed by atoms with van der Waals surface area (Å²) in [5, 5.41) is 14.5. The van der Waals surface area contributed by atoms with E-state index >= 15 is 0 Å². The van der Waals surface area contributed by atoms with Crippen molar-refractivity contribution in [1.29, 1.82) is 0 Å². The van der Waals surface area contributed by atoms with Crippen LogP contribution in [-0.2, 0) is 0 Å². The van der Waals surface area contributed by atoms with Gasteiger partial charge in [0, 0.05) is 31.0 Å². The maximum Gasteiger partial charge on any atom is 0.212 e. The molecule has 0 aromatic carbocycles. The van der Waals surface area contributed by atoms with E-state index in [1.54, 1.807) is 12.4 Å². The largest absolute Gasteiger partial charge is 0.353 e. The lowest BCUT2D eigenvalue weighted by molar-refractivity contribution is 0.919. The lowest BCUT2D eigenvalue weighted by Gasteiger charge is -1.99. The number of pyridine rings is 1. The normalized spacial score (nSPS) is 17.0. The number of rotatable bonds is 4. The van der Waals surface area contributed by atoms with Gasteiger partial charge in [-0.3, -0.25) is 0 Å². The highest BCUT2D eigenvalue weighted by Crippen LogP contribution is 2.05. The Kier molecular flexibility index (Phi) is 4.23. The fourth-order valence-corrected chi connectivity index (χ4v) is 2.44. The quantitative estimate of drug-likeness (QED) is 0.426. The Hall–Kier alpha value is -3.43. The van der Waals surface area contributed by atoms with Crippen LogP contribution in [0.1, 0.15) is 11.3 Å². The Labute approximate surface area is 143 Å². The average molecular weight is 338 g/mol. The van der Waals surface area contributed by atoms with Gasteiger partial charge >= 0.3 is 0 Å². The summed E-state index contributed by atoms with van der Waals surface area (Å²) in [6.07, 6.45) is 7.25. The van der Waals surface area contributed by atoms with Crippen molar-refractivity contribution < 1.29 is 0 Å². The van der Waals surface area contributed by atoms with Gasteiger partial charge in [0.15, 0.2) is 0 Å². The molecule has 25 heavy (non-hydrogen) atoms. The number of aromatic nitrogens is 2. The van der Waals surface area contributed by atoms with Gasteiger partial charge in [-0.25, -0.2) is 25.8 Å². The zero-order valence-corrected chi connectivity index (χ0v) is 13.5. The number of imidazole rings is 1. The van der Waals surface area contributed by atoms with Crippen LogP contribution < -0.4 is 21.5 Å². The van der Waals surface area contributed by atoms with Crippen LogP contribution in [0.3, 0.4) is 0 Å².